The number of hydrogen-bond donors (Lipinski definition) is 2. The highest BCUT2D eigenvalue weighted by Crippen LogP contribution is 2.21. The van der Waals surface area contributed by atoms with Crippen molar-refractivity contribution >= 4 is 6.09 Å². The lowest BCUT2D eigenvalue weighted by Crippen LogP contribution is -2.55. The SMILES string of the molecule is CC(C)(C)OC(=O)N1CCCC(CCNC2CNC2)C1. The van der Waals surface area contributed by atoms with E-state index in [-0.39, 0.29) is 6.09 Å². The zero-order valence-electron chi connectivity index (χ0n) is 13.1. The average molecular weight is 283 g/mol. The minimum Gasteiger partial charge on any atom is -0.444 e. The minimum absolute atomic E-state index is 0.154. The fourth-order valence-electron chi connectivity index (χ4n) is 2.72. The van der Waals surface area contributed by atoms with Crippen molar-refractivity contribution in [3.8, 4) is 0 Å². The topological polar surface area (TPSA) is 53.6 Å². The van der Waals surface area contributed by atoms with E-state index in [1.165, 1.54) is 6.42 Å². The molecule has 2 aliphatic heterocycles. The smallest absolute Gasteiger partial charge is 0.410 e. The number of hydrogen-bond acceptors (Lipinski definition) is 4. The molecule has 1 unspecified atom stereocenters. The molecule has 0 aliphatic carbocycles. The molecule has 2 heterocycles. The molecule has 0 radical (unpaired) electrons. The molecule has 0 spiro atoms. The molecule has 0 aromatic carbocycles. The number of nitrogens with zero attached hydrogens (tertiary/aromatic N) is 1. The molecule has 20 heavy (non-hydrogen) atoms. The van der Waals surface area contributed by atoms with Gasteiger partial charge in [0.2, 0.25) is 0 Å². The molecule has 2 saturated heterocycles. The molecule has 116 valence electrons. The third-order valence-corrected chi connectivity index (χ3v) is 3.94. The van der Waals surface area contributed by atoms with E-state index in [9.17, 15) is 4.79 Å². The largest absolute Gasteiger partial charge is 0.444 e. The number of ether oxygens (including phenoxy) is 1. The molecule has 2 fully saturated rings. The third-order valence-electron chi connectivity index (χ3n) is 3.94. The number of piperidine rings is 1. The van der Waals surface area contributed by atoms with E-state index in [1.807, 2.05) is 25.7 Å². The van der Waals surface area contributed by atoms with Gasteiger partial charge in [0.1, 0.15) is 5.60 Å². The van der Waals surface area contributed by atoms with E-state index in [1.54, 1.807) is 0 Å². The van der Waals surface area contributed by atoms with Gasteiger partial charge in [0.25, 0.3) is 0 Å². The standard InChI is InChI=1S/C15H29N3O2/c1-15(2,3)20-14(19)18-8-4-5-12(11-18)6-7-17-13-9-16-10-13/h12-13,16-17H,4-11H2,1-3H3. The van der Waals surface area contributed by atoms with E-state index >= 15 is 0 Å². The number of nitrogens with one attached hydrogen (secondary N) is 2. The van der Waals surface area contributed by atoms with Crippen molar-refractivity contribution in [2.45, 2.75) is 51.7 Å². The second-order valence-electron chi connectivity index (χ2n) is 7.03. The lowest BCUT2D eigenvalue weighted by molar-refractivity contribution is 0.0161. The Morgan fingerprint density at radius 3 is 2.75 bits per heavy atom. The number of carbonyl (C=O) groups excluding carboxylic acids is 1. The van der Waals surface area contributed by atoms with E-state index in [0.717, 1.165) is 45.6 Å². The third kappa shape index (κ3) is 4.94. The van der Waals surface area contributed by atoms with Crippen LogP contribution in [-0.4, -0.2) is 55.4 Å². The molecule has 2 rings (SSSR count). The molecule has 2 N–H and O–H groups in total. The molecule has 0 bridgehead atoms. The van der Waals surface area contributed by atoms with Gasteiger partial charge in [-0.15, -0.1) is 0 Å². The molecule has 1 amide bonds. The van der Waals surface area contributed by atoms with E-state index < -0.39 is 5.60 Å². The summed E-state index contributed by atoms with van der Waals surface area (Å²) in [6.45, 7) is 10.7. The highest BCUT2D eigenvalue weighted by molar-refractivity contribution is 5.68. The van der Waals surface area contributed by atoms with Crippen molar-refractivity contribution in [2.24, 2.45) is 5.92 Å². The Morgan fingerprint density at radius 1 is 1.40 bits per heavy atom. The Bertz CT molecular complexity index is 324. The zero-order valence-corrected chi connectivity index (χ0v) is 13.1. The number of rotatable bonds is 4. The molecule has 0 aromatic heterocycles. The Morgan fingerprint density at radius 2 is 2.15 bits per heavy atom. The zero-order chi connectivity index (χ0) is 14.6. The van der Waals surface area contributed by atoms with Gasteiger partial charge in [0.05, 0.1) is 0 Å². The van der Waals surface area contributed by atoms with E-state index in [2.05, 4.69) is 10.6 Å². The van der Waals surface area contributed by atoms with Gasteiger partial charge in [-0.05, 0) is 52.5 Å². The molecule has 0 aromatic rings. The number of amides is 1. The van der Waals surface area contributed by atoms with Gasteiger partial charge in [-0.25, -0.2) is 4.79 Å². The summed E-state index contributed by atoms with van der Waals surface area (Å²) in [5.74, 6) is 0.608. The van der Waals surface area contributed by atoms with Gasteiger partial charge in [0, 0.05) is 32.2 Å². The maximum Gasteiger partial charge on any atom is 0.410 e. The van der Waals surface area contributed by atoms with Crippen LogP contribution in [0.1, 0.15) is 40.0 Å². The Balaban J connectivity index is 1.69. The van der Waals surface area contributed by atoms with Crippen molar-refractivity contribution in [1.29, 1.82) is 0 Å². The summed E-state index contributed by atoms with van der Waals surface area (Å²) in [6.07, 6.45) is 3.31. The lowest BCUT2D eigenvalue weighted by atomic mass is 9.95. The first kappa shape index (κ1) is 15.6. The second-order valence-corrected chi connectivity index (χ2v) is 7.03. The van der Waals surface area contributed by atoms with Crippen LogP contribution in [-0.2, 0) is 4.74 Å². The number of likely N-dealkylation sites (tertiary alicyclic amines) is 1. The van der Waals surface area contributed by atoms with Gasteiger partial charge in [-0.1, -0.05) is 0 Å². The molecule has 2 aliphatic rings. The fourth-order valence-corrected chi connectivity index (χ4v) is 2.72. The van der Waals surface area contributed by atoms with Crippen LogP contribution in [0.5, 0.6) is 0 Å². The summed E-state index contributed by atoms with van der Waals surface area (Å²) in [4.78, 5) is 14.0. The maximum absolute atomic E-state index is 12.1. The quantitative estimate of drug-likeness (QED) is 0.822. The first-order chi connectivity index (χ1) is 9.44. The van der Waals surface area contributed by atoms with Crippen LogP contribution >= 0.6 is 0 Å². The van der Waals surface area contributed by atoms with Crippen LogP contribution in [0.15, 0.2) is 0 Å². The fraction of sp³-hybridized carbons (Fsp3) is 0.933. The lowest BCUT2D eigenvalue weighted by Gasteiger charge is -2.35. The second kappa shape index (κ2) is 6.76. The molecular formula is C15H29N3O2. The molecule has 1 atom stereocenters. The molecule has 5 nitrogen and oxygen atoms in total. The highest BCUT2D eigenvalue weighted by Gasteiger charge is 2.27. The van der Waals surface area contributed by atoms with E-state index in [0.29, 0.717) is 12.0 Å². The molecular weight excluding hydrogens is 254 g/mol. The Hall–Kier alpha value is -0.810. The van der Waals surface area contributed by atoms with Crippen LogP contribution in [0.25, 0.3) is 0 Å². The van der Waals surface area contributed by atoms with E-state index in [4.69, 9.17) is 4.74 Å². The van der Waals surface area contributed by atoms with Gasteiger partial charge in [-0.2, -0.15) is 0 Å². The van der Waals surface area contributed by atoms with Gasteiger partial charge < -0.3 is 20.3 Å². The van der Waals surface area contributed by atoms with Crippen molar-refractivity contribution in [1.82, 2.24) is 15.5 Å². The summed E-state index contributed by atoms with van der Waals surface area (Å²) in [7, 11) is 0. The Kier molecular flexibility index (Phi) is 5.27. The summed E-state index contributed by atoms with van der Waals surface area (Å²) in [6, 6.07) is 0.653. The van der Waals surface area contributed by atoms with Gasteiger partial charge >= 0.3 is 6.09 Å². The monoisotopic (exact) mass is 283 g/mol. The molecule has 5 heteroatoms. The maximum atomic E-state index is 12.1. The first-order valence-corrected chi connectivity index (χ1v) is 7.86. The van der Waals surface area contributed by atoms with Crippen LogP contribution < -0.4 is 10.6 Å². The summed E-state index contributed by atoms with van der Waals surface area (Å²) < 4.78 is 5.46. The summed E-state index contributed by atoms with van der Waals surface area (Å²) >= 11 is 0. The number of carbonyl (C=O) groups is 1. The predicted octanol–water partition coefficient (Wildman–Crippen LogP) is 1.58. The van der Waals surface area contributed by atoms with Crippen LogP contribution in [0.2, 0.25) is 0 Å². The first-order valence-electron chi connectivity index (χ1n) is 7.86. The van der Waals surface area contributed by atoms with Crippen molar-refractivity contribution in [3.63, 3.8) is 0 Å². The predicted molar refractivity (Wildman–Crippen MR) is 79.8 cm³/mol. The summed E-state index contributed by atoms with van der Waals surface area (Å²) in [5, 5.41) is 6.81. The van der Waals surface area contributed by atoms with Crippen molar-refractivity contribution < 1.29 is 9.53 Å². The minimum atomic E-state index is -0.400. The normalized spacial score (nSPS) is 24.4. The highest BCUT2D eigenvalue weighted by atomic mass is 16.6. The Labute approximate surface area is 122 Å². The summed E-state index contributed by atoms with van der Waals surface area (Å²) in [5.41, 5.74) is -0.400. The molecule has 0 saturated carbocycles. The van der Waals surface area contributed by atoms with Crippen LogP contribution in [0.3, 0.4) is 0 Å². The van der Waals surface area contributed by atoms with Gasteiger partial charge in [-0.3, -0.25) is 0 Å². The van der Waals surface area contributed by atoms with Gasteiger partial charge in [0.15, 0.2) is 0 Å². The van der Waals surface area contributed by atoms with Crippen LogP contribution in [0, 0.1) is 5.92 Å². The van der Waals surface area contributed by atoms with Crippen LogP contribution in [0.4, 0.5) is 4.79 Å². The average Bonchev–Trinajstić information content (AvgIpc) is 2.30. The van der Waals surface area contributed by atoms with Crippen molar-refractivity contribution in [2.75, 3.05) is 32.7 Å². The van der Waals surface area contributed by atoms with Crippen molar-refractivity contribution in [3.05, 3.63) is 0 Å².